The fourth-order valence-electron chi connectivity index (χ4n) is 3.13. The minimum atomic E-state index is 0.266. The monoisotopic (exact) mass is 278 g/mol. The van der Waals surface area contributed by atoms with Crippen LogP contribution >= 0.6 is 0 Å². The Kier molecular flexibility index (Phi) is 3.96. The zero-order valence-electron chi connectivity index (χ0n) is 12.9. The molecule has 1 aromatic heterocycles. The van der Waals surface area contributed by atoms with E-state index in [0.717, 1.165) is 32.1 Å². The van der Waals surface area contributed by atoms with Gasteiger partial charge >= 0.3 is 0 Å². The van der Waals surface area contributed by atoms with Gasteiger partial charge in [0.1, 0.15) is 5.82 Å². The highest BCUT2D eigenvalue weighted by molar-refractivity contribution is 5.33. The van der Waals surface area contributed by atoms with Crippen molar-refractivity contribution in [3.05, 3.63) is 5.82 Å². The molecule has 1 saturated heterocycles. The fourth-order valence-corrected chi connectivity index (χ4v) is 3.13. The molecule has 5 heteroatoms. The quantitative estimate of drug-likeness (QED) is 0.852. The molecular formula is C15H26N4O. The second-order valence-corrected chi connectivity index (χ2v) is 6.43. The summed E-state index contributed by atoms with van der Waals surface area (Å²) < 4.78 is 8.09. The van der Waals surface area contributed by atoms with Gasteiger partial charge in [-0.25, -0.2) is 0 Å². The van der Waals surface area contributed by atoms with Gasteiger partial charge in [0, 0.05) is 31.7 Å². The molecule has 2 heterocycles. The Labute approximate surface area is 121 Å². The summed E-state index contributed by atoms with van der Waals surface area (Å²) in [6, 6.07) is 0.412. The molecular weight excluding hydrogens is 252 g/mol. The largest absolute Gasteiger partial charge is 0.377 e. The summed E-state index contributed by atoms with van der Waals surface area (Å²) in [4.78, 5) is 2.35. The third kappa shape index (κ3) is 2.55. The SMILES string of the molecule is CC(C)n1c(C2CCC2)nnc1N1CCCO[C@@H](C)C1. The van der Waals surface area contributed by atoms with E-state index in [2.05, 4.69) is 40.4 Å². The van der Waals surface area contributed by atoms with E-state index < -0.39 is 0 Å². The maximum Gasteiger partial charge on any atom is 0.227 e. The Hall–Kier alpha value is -1.10. The van der Waals surface area contributed by atoms with Crippen LogP contribution in [0.2, 0.25) is 0 Å². The van der Waals surface area contributed by atoms with E-state index in [9.17, 15) is 0 Å². The molecule has 1 saturated carbocycles. The van der Waals surface area contributed by atoms with Crippen molar-refractivity contribution in [3.8, 4) is 0 Å². The average molecular weight is 278 g/mol. The molecule has 1 aromatic rings. The van der Waals surface area contributed by atoms with Crippen molar-refractivity contribution in [2.24, 2.45) is 0 Å². The van der Waals surface area contributed by atoms with Gasteiger partial charge in [-0.05, 0) is 40.0 Å². The smallest absolute Gasteiger partial charge is 0.227 e. The molecule has 20 heavy (non-hydrogen) atoms. The van der Waals surface area contributed by atoms with E-state index in [-0.39, 0.29) is 6.10 Å². The predicted octanol–water partition coefficient (Wildman–Crippen LogP) is 2.74. The second-order valence-electron chi connectivity index (χ2n) is 6.43. The third-order valence-electron chi connectivity index (χ3n) is 4.43. The van der Waals surface area contributed by atoms with Gasteiger partial charge in [-0.1, -0.05) is 6.42 Å². The minimum absolute atomic E-state index is 0.266. The highest BCUT2D eigenvalue weighted by atomic mass is 16.5. The molecule has 0 bridgehead atoms. The molecule has 2 aliphatic rings. The normalized spacial score (nSPS) is 24.8. The van der Waals surface area contributed by atoms with Crippen LogP contribution < -0.4 is 4.90 Å². The molecule has 2 fully saturated rings. The molecule has 5 nitrogen and oxygen atoms in total. The standard InChI is InChI=1S/C15H26N4O/c1-11(2)19-14(13-6-4-7-13)16-17-15(19)18-8-5-9-20-12(3)10-18/h11-13H,4-10H2,1-3H3/t12-/m0/s1. The van der Waals surface area contributed by atoms with Crippen LogP contribution in [-0.4, -0.2) is 40.6 Å². The molecule has 1 atom stereocenters. The zero-order valence-corrected chi connectivity index (χ0v) is 12.9. The van der Waals surface area contributed by atoms with Crippen molar-refractivity contribution < 1.29 is 4.74 Å². The number of hydrogen-bond donors (Lipinski definition) is 0. The molecule has 0 radical (unpaired) electrons. The van der Waals surface area contributed by atoms with E-state index in [1.807, 2.05) is 0 Å². The third-order valence-corrected chi connectivity index (χ3v) is 4.43. The highest BCUT2D eigenvalue weighted by Crippen LogP contribution is 2.37. The Balaban J connectivity index is 1.89. The molecule has 0 unspecified atom stereocenters. The fraction of sp³-hybridized carbons (Fsp3) is 0.867. The van der Waals surface area contributed by atoms with Crippen LogP contribution in [0.5, 0.6) is 0 Å². The Morgan fingerprint density at radius 2 is 2.00 bits per heavy atom. The lowest BCUT2D eigenvalue weighted by molar-refractivity contribution is 0.0819. The molecule has 112 valence electrons. The summed E-state index contributed by atoms with van der Waals surface area (Å²) in [5.74, 6) is 2.86. The van der Waals surface area contributed by atoms with Gasteiger partial charge < -0.3 is 9.64 Å². The molecule has 0 amide bonds. The predicted molar refractivity (Wildman–Crippen MR) is 79.2 cm³/mol. The van der Waals surface area contributed by atoms with E-state index in [1.165, 1.54) is 25.1 Å². The summed E-state index contributed by atoms with van der Waals surface area (Å²) in [6.07, 6.45) is 5.20. The number of aromatic nitrogens is 3. The van der Waals surface area contributed by atoms with E-state index in [1.54, 1.807) is 0 Å². The Morgan fingerprint density at radius 3 is 2.65 bits per heavy atom. The van der Waals surface area contributed by atoms with Crippen LogP contribution in [0.25, 0.3) is 0 Å². The summed E-state index contributed by atoms with van der Waals surface area (Å²) in [6.45, 7) is 9.37. The lowest BCUT2D eigenvalue weighted by Gasteiger charge is -2.29. The van der Waals surface area contributed by atoms with Crippen molar-refractivity contribution >= 4 is 5.95 Å². The number of rotatable bonds is 3. The first-order valence-electron chi connectivity index (χ1n) is 7.98. The van der Waals surface area contributed by atoms with Gasteiger partial charge in [-0.15, -0.1) is 10.2 Å². The first-order chi connectivity index (χ1) is 9.66. The van der Waals surface area contributed by atoms with Gasteiger partial charge in [0.2, 0.25) is 5.95 Å². The summed E-state index contributed by atoms with van der Waals surface area (Å²) >= 11 is 0. The maximum atomic E-state index is 5.74. The van der Waals surface area contributed by atoms with Crippen LogP contribution in [0.1, 0.15) is 64.2 Å². The van der Waals surface area contributed by atoms with E-state index in [4.69, 9.17) is 4.74 Å². The topological polar surface area (TPSA) is 43.2 Å². The van der Waals surface area contributed by atoms with E-state index in [0.29, 0.717) is 12.0 Å². The van der Waals surface area contributed by atoms with Gasteiger partial charge in [0.25, 0.3) is 0 Å². The first kappa shape index (κ1) is 13.9. The van der Waals surface area contributed by atoms with Crippen LogP contribution in [0, 0.1) is 0 Å². The summed E-state index contributed by atoms with van der Waals surface area (Å²) in [5.41, 5.74) is 0. The lowest BCUT2D eigenvalue weighted by Crippen LogP contribution is -2.33. The second kappa shape index (κ2) is 5.72. The molecule has 3 rings (SSSR count). The molecule has 0 N–H and O–H groups in total. The Morgan fingerprint density at radius 1 is 1.20 bits per heavy atom. The number of anilines is 1. The van der Waals surface area contributed by atoms with Crippen LogP contribution in [0.3, 0.4) is 0 Å². The summed E-state index contributed by atoms with van der Waals surface area (Å²) in [7, 11) is 0. The Bertz CT molecular complexity index is 453. The number of ether oxygens (including phenoxy) is 1. The highest BCUT2D eigenvalue weighted by Gasteiger charge is 2.30. The van der Waals surface area contributed by atoms with Crippen molar-refractivity contribution in [3.63, 3.8) is 0 Å². The number of nitrogens with zero attached hydrogens (tertiary/aromatic N) is 4. The van der Waals surface area contributed by atoms with Gasteiger partial charge in [-0.3, -0.25) is 4.57 Å². The van der Waals surface area contributed by atoms with Crippen molar-refractivity contribution in [1.29, 1.82) is 0 Å². The minimum Gasteiger partial charge on any atom is -0.377 e. The average Bonchev–Trinajstić information content (AvgIpc) is 2.64. The van der Waals surface area contributed by atoms with Crippen molar-refractivity contribution in [1.82, 2.24) is 14.8 Å². The van der Waals surface area contributed by atoms with Crippen LogP contribution in [0.4, 0.5) is 5.95 Å². The van der Waals surface area contributed by atoms with E-state index >= 15 is 0 Å². The molecule has 0 aromatic carbocycles. The van der Waals surface area contributed by atoms with Crippen molar-refractivity contribution in [2.45, 2.75) is 64.5 Å². The first-order valence-corrected chi connectivity index (χ1v) is 7.98. The molecule has 1 aliphatic heterocycles. The van der Waals surface area contributed by atoms with Gasteiger partial charge in [-0.2, -0.15) is 0 Å². The number of hydrogen-bond acceptors (Lipinski definition) is 4. The van der Waals surface area contributed by atoms with Crippen LogP contribution in [0.15, 0.2) is 0 Å². The maximum absolute atomic E-state index is 5.74. The molecule has 1 aliphatic carbocycles. The van der Waals surface area contributed by atoms with Gasteiger partial charge in [0.15, 0.2) is 0 Å². The summed E-state index contributed by atoms with van der Waals surface area (Å²) in [5, 5.41) is 9.04. The van der Waals surface area contributed by atoms with Crippen LogP contribution in [-0.2, 0) is 4.74 Å². The zero-order chi connectivity index (χ0) is 14.1. The molecule has 0 spiro atoms. The van der Waals surface area contributed by atoms with Gasteiger partial charge in [0.05, 0.1) is 6.10 Å². The van der Waals surface area contributed by atoms with Crippen molar-refractivity contribution in [2.75, 3.05) is 24.6 Å². The lowest BCUT2D eigenvalue weighted by atomic mass is 9.84.